The van der Waals surface area contributed by atoms with E-state index in [0.717, 1.165) is 5.69 Å². The molecule has 18 heavy (non-hydrogen) atoms. The van der Waals surface area contributed by atoms with Crippen LogP contribution in [0.3, 0.4) is 0 Å². The lowest BCUT2D eigenvalue weighted by Crippen LogP contribution is -2.02. The normalized spacial score (nSPS) is 10.7. The summed E-state index contributed by atoms with van der Waals surface area (Å²) in [5.74, 6) is 0.922. The molecule has 0 saturated carbocycles. The fourth-order valence-corrected chi connectivity index (χ4v) is 1.76. The highest BCUT2D eigenvalue weighted by Crippen LogP contribution is 2.28. The van der Waals surface area contributed by atoms with E-state index in [2.05, 4.69) is 4.98 Å². The first-order valence-corrected chi connectivity index (χ1v) is 5.66. The van der Waals surface area contributed by atoms with E-state index in [1.807, 2.05) is 6.92 Å². The van der Waals surface area contributed by atoms with Crippen LogP contribution in [0.5, 0.6) is 5.75 Å². The molecule has 2 rings (SSSR count). The molecule has 0 spiro atoms. The van der Waals surface area contributed by atoms with Gasteiger partial charge < -0.3 is 14.9 Å². The van der Waals surface area contributed by atoms with Crippen molar-refractivity contribution in [1.29, 1.82) is 0 Å². The molecular formula is C13H15FN2O2. The topological polar surface area (TPSA) is 61.3 Å². The van der Waals surface area contributed by atoms with E-state index in [4.69, 9.17) is 14.9 Å². The van der Waals surface area contributed by atoms with Crippen LogP contribution in [0.1, 0.15) is 11.6 Å². The predicted octanol–water partition coefficient (Wildman–Crippen LogP) is 2.30. The van der Waals surface area contributed by atoms with Crippen LogP contribution < -0.4 is 10.5 Å². The van der Waals surface area contributed by atoms with Gasteiger partial charge in [-0.15, -0.1) is 0 Å². The van der Waals surface area contributed by atoms with Crippen molar-refractivity contribution in [2.24, 2.45) is 5.73 Å². The number of nitrogens with two attached hydrogens (primary N) is 1. The van der Waals surface area contributed by atoms with Crippen molar-refractivity contribution in [3.63, 3.8) is 0 Å². The number of nitrogens with zero attached hydrogens (tertiary/aromatic N) is 1. The van der Waals surface area contributed by atoms with Crippen LogP contribution in [0, 0.1) is 12.7 Å². The van der Waals surface area contributed by atoms with Crippen molar-refractivity contribution in [2.75, 3.05) is 13.7 Å². The minimum Gasteiger partial charge on any atom is -0.494 e. The summed E-state index contributed by atoms with van der Waals surface area (Å²) >= 11 is 0. The van der Waals surface area contributed by atoms with Crippen molar-refractivity contribution in [3.05, 3.63) is 35.6 Å². The molecule has 2 N–H and O–H groups in total. The molecule has 0 saturated heterocycles. The fourth-order valence-electron chi connectivity index (χ4n) is 1.76. The third kappa shape index (κ3) is 2.36. The molecule has 0 radical (unpaired) electrons. The van der Waals surface area contributed by atoms with Crippen molar-refractivity contribution in [1.82, 2.24) is 4.98 Å². The number of aromatic nitrogens is 1. The van der Waals surface area contributed by atoms with Crippen LogP contribution in [0.25, 0.3) is 11.3 Å². The van der Waals surface area contributed by atoms with Crippen LogP contribution in [0.15, 0.2) is 22.6 Å². The summed E-state index contributed by atoms with van der Waals surface area (Å²) in [6, 6.07) is 4.68. The van der Waals surface area contributed by atoms with Gasteiger partial charge in [-0.05, 0) is 25.1 Å². The lowest BCUT2D eigenvalue weighted by atomic mass is 10.1. The number of oxazole rings is 1. The van der Waals surface area contributed by atoms with Gasteiger partial charge in [0.1, 0.15) is 0 Å². The van der Waals surface area contributed by atoms with Crippen LogP contribution in [-0.2, 0) is 6.42 Å². The van der Waals surface area contributed by atoms with Gasteiger partial charge in [-0.1, -0.05) is 0 Å². The number of methoxy groups -OCH3 is 1. The molecule has 0 aliphatic carbocycles. The number of hydrogen-bond acceptors (Lipinski definition) is 4. The highest BCUT2D eigenvalue weighted by molar-refractivity contribution is 5.61. The third-order valence-corrected chi connectivity index (χ3v) is 2.61. The molecule has 96 valence electrons. The maximum Gasteiger partial charge on any atom is 0.196 e. The van der Waals surface area contributed by atoms with E-state index >= 15 is 0 Å². The first-order chi connectivity index (χ1) is 8.65. The summed E-state index contributed by atoms with van der Waals surface area (Å²) in [7, 11) is 1.43. The number of hydrogen-bond donors (Lipinski definition) is 1. The second-order valence-electron chi connectivity index (χ2n) is 3.91. The average Bonchev–Trinajstić information content (AvgIpc) is 2.71. The van der Waals surface area contributed by atoms with Gasteiger partial charge in [0.25, 0.3) is 0 Å². The SMILES string of the molecule is COc1ccc(-c2oc(CCN)nc2C)cc1F. The van der Waals surface area contributed by atoms with Crippen LogP contribution >= 0.6 is 0 Å². The predicted molar refractivity (Wildman–Crippen MR) is 65.9 cm³/mol. The second kappa shape index (κ2) is 5.18. The zero-order valence-corrected chi connectivity index (χ0v) is 10.4. The Morgan fingerprint density at radius 2 is 2.22 bits per heavy atom. The standard InChI is InChI=1S/C13H15FN2O2/c1-8-13(18-12(16-8)5-6-15)9-3-4-11(17-2)10(14)7-9/h3-4,7H,5-6,15H2,1-2H3. The minimum atomic E-state index is -0.425. The molecule has 0 fully saturated rings. The van der Waals surface area contributed by atoms with Crippen molar-refractivity contribution in [3.8, 4) is 17.1 Å². The Bertz CT molecular complexity index is 552. The Balaban J connectivity index is 2.39. The zero-order valence-electron chi connectivity index (χ0n) is 10.4. The molecule has 0 aliphatic rings. The van der Waals surface area contributed by atoms with E-state index in [9.17, 15) is 4.39 Å². The zero-order chi connectivity index (χ0) is 13.1. The quantitative estimate of drug-likeness (QED) is 0.904. The van der Waals surface area contributed by atoms with E-state index in [0.29, 0.717) is 30.2 Å². The molecule has 5 heteroatoms. The Kier molecular flexibility index (Phi) is 3.62. The third-order valence-electron chi connectivity index (χ3n) is 2.61. The van der Waals surface area contributed by atoms with E-state index in [1.54, 1.807) is 12.1 Å². The Morgan fingerprint density at radius 1 is 1.44 bits per heavy atom. The van der Waals surface area contributed by atoms with Gasteiger partial charge in [-0.25, -0.2) is 9.37 Å². The van der Waals surface area contributed by atoms with Gasteiger partial charge in [0, 0.05) is 18.5 Å². The number of rotatable bonds is 4. The Labute approximate surface area is 105 Å². The lowest BCUT2D eigenvalue weighted by molar-refractivity contribution is 0.386. The molecule has 0 bridgehead atoms. The number of aryl methyl sites for hydroxylation is 1. The van der Waals surface area contributed by atoms with Crippen molar-refractivity contribution in [2.45, 2.75) is 13.3 Å². The molecule has 4 nitrogen and oxygen atoms in total. The lowest BCUT2D eigenvalue weighted by Gasteiger charge is -2.03. The van der Waals surface area contributed by atoms with Crippen LogP contribution in [-0.4, -0.2) is 18.6 Å². The van der Waals surface area contributed by atoms with Crippen LogP contribution in [0.2, 0.25) is 0 Å². The first kappa shape index (κ1) is 12.6. The van der Waals surface area contributed by atoms with Gasteiger partial charge in [0.05, 0.1) is 12.8 Å². The molecular weight excluding hydrogens is 235 g/mol. The van der Waals surface area contributed by atoms with Gasteiger partial charge >= 0.3 is 0 Å². The van der Waals surface area contributed by atoms with Crippen molar-refractivity contribution < 1.29 is 13.5 Å². The molecule has 2 aromatic rings. The number of halogens is 1. The molecule has 0 unspecified atom stereocenters. The van der Waals surface area contributed by atoms with Gasteiger partial charge in [-0.3, -0.25) is 0 Å². The summed E-state index contributed by atoms with van der Waals surface area (Å²) in [6.45, 7) is 2.29. The summed E-state index contributed by atoms with van der Waals surface area (Å²) in [6.07, 6.45) is 0.569. The van der Waals surface area contributed by atoms with Gasteiger partial charge in [0.2, 0.25) is 0 Å². The Hall–Kier alpha value is -1.88. The maximum absolute atomic E-state index is 13.6. The molecule has 0 atom stereocenters. The summed E-state index contributed by atoms with van der Waals surface area (Å²) in [5, 5.41) is 0. The molecule has 1 heterocycles. The number of benzene rings is 1. The molecule has 1 aromatic heterocycles. The van der Waals surface area contributed by atoms with E-state index in [1.165, 1.54) is 13.2 Å². The highest BCUT2D eigenvalue weighted by atomic mass is 19.1. The van der Waals surface area contributed by atoms with Gasteiger partial charge in [-0.2, -0.15) is 0 Å². The smallest absolute Gasteiger partial charge is 0.196 e. The summed E-state index contributed by atoms with van der Waals surface area (Å²) in [5.41, 5.74) is 6.81. The fraction of sp³-hybridized carbons (Fsp3) is 0.308. The van der Waals surface area contributed by atoms with Crippen LogP contribution in [0.4, 0.5) is 4.39 Å². The Morgan fingerprint density at radius 3 is 2.83 bits per heavy atom. The second-order valence-corrected chi connectivity index (χ2v) is 3.91. The molecule has 1 aromatic carbocycles. The van der Waals surface area contributed by atoms with E-state index < -0.39 is 5.82 Å². The summed E-state index contributed by atoms with van der Waals surface area (Å²) in [4.78, 5) is 4.25. The summed E-state index contributed by atoms with van der Waals surface area (Å²) < 4.78 is 24.1. The molecule has 0 aliphatic heterocycles. The molecule has 0 amide bonds. The van der Waals surface area contributed by atoms with Crippen molar-refractivity contribution >= 4 is 0 Å². The average molecular weight is 250 g/mol. The van der Waals surface area contributed by atoms with E-state index in [-0.39, 0.29) is 5.75 Å². The minimum absolute atomic E-state index is 0.207. The highest BCUT2D eigenvalue weighted by Gasteiger charge is 2.13. The maximum atomic E-state index is 13.6. The largest absolute Gasteiger partial charge is 0.494 e. The first-order valence-electron chi connectivity index (χ1n) is 5.66. The monoisotopic (exact) mass is 250 g/mol. The van der Waals surface area contributed by atoms with Gasteiger partial charge in [0.15, 0.2) is 23.2 Å². The number of ether oxygens (including phenoxy) is 1.